The van der Waals surface area contributed by atoms with Crippen LogP contribution in [0, 0.1) is 0 Å². The molecule has 8 nitrogen and oxygen atoms in total. The fraction of sp³-hybridized carbons (Fsp3) is 0.0588. The molecule has 1 aromatic carbocycles. The second kappa shape index (κ2) is 5.67. The summed E-state index contributed by atoms with van der Waals surface area (Å²) in [6.07, 6.45) is 1.81. The second-order valence-electron chi connectivity index (χ2n) is 5.82. The van der Waals surface area contributed by atoms with Gasteiger partial charge in [0.2, 0.25) is 0 Å². The Morgan fingerprint density at radius 2 is 1.92 bits per heavy atom. The Labute approximate surface area is 155 Å². The van der Waals surface area contributed by atoms with E-state index in [0.717, 1.165) is 16.1 Å². The lowest BCUT2D eigenvalue weighted by Gasteiger charge is -2.12. The summed E-state index contributed by atoms with van der Waals surface area (Å²) in [7, 11) is 1.80. The van der Waals surface area contributed by atoms with Crippen molar-refractivity contribution in [3.8, 4) is 16.9 Å². The highest BCUT2D eigenvalue weighted by molar-refractivity contribution is 9.10. The van der Waals surface area contributed by atoms with E-state index in [1.54, 1.807) is 29.9 Å². The van der Waals surface area contributed by atoms with Gasteiger partial charge < -0.3 is 5.73 Å². The van der Waals surface area contributed by atoms with Crippen molar-refractivity contribution in [2.45, 2.75) is 0 Å². The fourth-order valence-corrected chi connectivity index (χ4v) is 3.60. The van der Waals surface area contributed by atoms with Crippen molar-refractivity contribution >= 4 is 33.6 Å². The number of nitrogens with one attached hydrogen (secondary N) is 1. The highest BCUT2D eigenvalue weighted by Gasteiger charge is 2.31. The lowest BCUT2D eigenvalue weighted by atomic mass is 10.1. The van der Waals surface area contributed by atoms with Gasteiger partial charge in [0.1, 0.15) is 11.5 Å². The van der Waals surface area contributed by atoms with Gasteiger partial charge in [-0.15, -0.1) is 0 Å². The number of halogens is 1. The van der Waals surface area contributed by atoms with Crippen LogP contribution >= 0.6 is 15.9 Å². The summed E-state index contributed by atoms with van der Waals surface area (Å²) in [5.74, 6) is -1.31. The van der Waals surface area contributed by atoms with Crippen molar-refractivity contribution in [1.29, 1.82) is 0 Å². The average molecular weight is 414 g/mol. The molecule has 0 aliphatic carbocycles. The fourth-order valence-electron chi connectivity index (χ4n) is 2.99. The van der Waals surface area contributed by atoms with Gasteiger partial charge in [0, 0.05) is 24.9 Å². The number of benzene rings is 1. The predicted octanol–water partition coefficient (Wildman–Crippen LogP) is 1.47. The van der Waals surface area contributed by atoms with Crippen molar-refractivity contribution in [2.75, 3.05) is 5.73 Å². The number of carbonyl (C=O) groups is 2. The number of anilines is 1. The standard InChI is InChI=1S/C17H12BrN5O3/c1-22-7-11(18)14(21-22)8-3-2-4-9(5-8)23-12(24)6-10-13(15(23)19)17(26)20-16(10)25/h2-7H,19H2,1H3,(H,20,25,26). The zero-order valence-electron chi connectivity index (χ0n) is 13.5. The largest absolute Gasteiger partial charge is 0.384 e. The third-order valence-corrected chi connectivity index (χ3v) is 4.70. The molecule has 0 spiro atoms. The highest BCUT2D eigenvalue weighted by atomic mass is 79.9. The maximum atomic E-state index is 12.5. The Bertz CT molecular complexity index is 1160. The minimum atomic E-state index is -0.618. The summed E-state index contributed by atoms with van der Waals surface area (Å²) < 4.78 is 3.67. The minimum absolute atomic E-state index is 0.00243. The number of imide groups is 1. The first kappa shape index (κ1) is 16.3. The Balaban J connectivity index is 1.93. The van der Waals surface area contributed by atoms with Gasteiger partial charge in [0.05, 0.1) is 21.3 Å². The number of nitrogen functional groups attached to an aromatic ring is 1. The third-order valence-electron chi connectivity index (χ3n) is 4.12. The number of amides is 2. The van der Waals surface area contributed by atoms with Crippen LogP contribution in [0.3, 0.4) is 0 Å². The Morgan fingerprint density at radius 1 is 1.15 bits per heavy atom. The Morgan fingerprint density at radius 3 is 2.62 bits per heavy atom. The summed E-state index contributed by atoms with van der Waals surface area (Å²) in [5.41, 5.74) is 7.52. The molecule has 130 valence electrons. The van der Waals surface area contributed by atoms with Crippen molar-refractivity contribution in [3.05, 3.63) is 62.5 Å². The molecule has 3 N–H and O–H groups in total. The Kier molecular flexibility index (Phi) is 3.55. The van der Waals surface area contributed by atoms with E-state index < -0.39 is 17.4 Å². The monoisotopic (exact) mass is 413 g/mol. The molecule has 26 heavy (non-hydrogen) atoms. The molecule has 1 aliphatic heterocycles. The van der Waals surface area contributed by atoms with E-state index in [9.17, 15) is 14.4 Å². The number of fused-ring (bicyclic) bond motifs is 1. The summed E-state index contributed by atoms with van der Waals surface area (Å²) >= 11 is 3.45. The maximum Gasteiger partial charge on any atom is 0.262 e. The molecule has 4 rings (SSSR count). The van der Waals surface area contributed by atoms with Gasteiger partial charge >= 0.3 is 0 Å². The summed E-state index contributed by atoms with van der Waals surface area (Å²) in [6, 6.07) is 8.16. The summed E-state index contributed by atoms with van der Waals surface area (Å²) in [6.45, 7) is 0. The van der Waals surface area contributed by atoms with Crippen LogP contribution in [0.5, 0.6) is 0 Å². The van der Waals surface area contributed by atoms with E-state index in [0.29, 0.717) is 11.4 Å². The molecule has 3 aromatic rings. The molecular weight excluding hydrogens is 402 g/mol. The maximum absolute atomic E-state index is 12.5. The lowest BCUT2D eigenvalue weighted by Crippen LogP contribution is -2.24. The summed E-state index contributed by atoms with van der Waals surface area (Å²) in [4.78, 5) is 36.3. The van der Waals surface area contributed by atoms with Gasteiger partial charge in [-0.25, -0.2) is 0 Å². The van der Waals surface area contributed by atoms with Gasteiger partial charge in [0.15, 0.2) is 0 Å². The topological polar surface area (TPSA) is 112 Å². The van der Waals surface area contributed by atoms with Crippen LogP contribution in [0.1, 0.15) is 20.7 Å². The quantitative estimate of drug-likeness (QED) is 0.617. The van der Waals surface area contributed by atoms with Crippen LogP contribution in [0.2, 0.25) is 0 Å². The second-order valence-corrected chi connectivity index (χ2v) is 6.68. The molecule has 0 saturated heterocycles. The van der Waals surface area contributed by atoms with Gasteiger partial charge in [-0.3, -0.25) is 28.9 Å². The SMILES string of the molecule is Cn1cc(Br)c(-c2cccc(-n3c(N)c4c(cc3=O)C(=O)NC4=O)c2)n1. The van der Waals surface area contributed by atoms with E-state index >= 15 is 0 Å². The van der Waals surface area contributed by atoms with E-state index in [2.05, 4.69) is 26.3 Å². The van der Waals surface area contributed by atoms with Crippen LogP contribution in [-0.4, -0.2) is 26.2 Å². The highest BCUT2D eigenvalue weighted by Crippen LogP contribution is 2.29. The first-order valence-electron chi connectivity index (χ1n) is 7.58. The van der Waals surface area contributed by atoms with Gasteiger partial charge in [-0.2, -0.15) is 5.10 Å². The third kappa shape index (κ3) is 2.36. The van der Waals surface area contributed by atoms with E-state index in [4.69, 9.17) is 5.73 Å². The molecule has 1 aliphatic rings. The Hall–Kier alpha value is -3.20. The van der Waals surface area contributed by atoms with E-state index in [1.165, 1.54) is 4.57 Å². The number of nitrogens with zero attached hydrogens (tertiary/aromatic N) is 3. The molecular formula is C17H12BrN5O3. The molecule has 0 bridgehead atoms. The smallest absolute Gasteiger partial charge is 0.262 e. The van der Waals surface area contributed by atoms with Crippen LogP contribution in [0.25, 0.3) is 16.9 Å². The van der Waals surface area contributed by atoms with Crippen molar-refractivity contribution in [1.82, 2.24) is 19.7 Å². The number of nitrogens with two attached hydrogens (primary N) is 1. The number of hydrogen-bond acceptors (Lipinski definition) is 5. The van der Waals surface area contributed by atoms with E-state index in [1.807, 2.05) is 12.3 Å². The molecule has 2 amide bonds. The lowest BCUT2D eigenvalue weighted by molar-refractivity contribution is 0.0880. The number of rotatable bonds is 2. The van der Waals surface area contributed by atoms with Crippen LogP contribution in [-0.2, 0) is 7.05 Å². The number of aryl methyl sites for hydroxylation is 1. The van der Waals surface area contributed by atoms with Crippen LogP contribution < -0.4 is 16.6 Å². The predicted molar refractivity (Wildman–Crippen MR) is 98.2 cm³/mol. The zero-order chi connectivity index (χ0) is 18.6. The first-order chi connectivity index (χ1) is 12.4. The average Bonchev–Trinajstić information content (AvgIpc) is 3.06. The number of pyridine rings is 1. The number of aromatic nitrogens is 3. The molecule has 0 radical (unpaired) electrons. The number of hydrogen-bond donors (Lipinski definition) is 2. The molecule has 3 heterocycles. The first-order valence-corrected chi connectivity index (χ1v) is 8.37. The van der Waals surface area contributed by atoms with Crippen LogP contribution in [0.15, 0.2) is 45.8 Å². The van der Waals surface area contributed by atoms with Crippen molar-refractivity contribution < 1.29 is 9.59 Å². The molecule has 2 aromatic heterocycles. The molecule has 0 saturated carbocycles. The zero-order valence-corrected chi connectivity index (χ0v) is 15.1. The normalized spacial score (nSPS) is 13.0. The van der Waals surface area contributed by atoms with Crippen molar-refractivity contribution in [3.63, 3.8) is 0 Å². The van der Waals surface area contributed by atoms with E-state index in [-0.39, 0.29) is 16.9 Å². The molecule has 0 unspecified atom stereocenters. The van der Waals surface area contributed by atoms with Gasteiger partial charge in [0.25, 0.3) is 17.4 Å². The molecule has 0 atom stereocenters. The number of carbonyl (C=O) groups excluding carboxylic acids is 2. The minimum Gasteiger partial charge on any atom is -0.384 e. The van der Waals surface area contributed by atoms with Gasteiger partial charge in [-0.05, 0) is 28.1 Å². The summed E-state index contributed by atoms with van der Waals surface area (Å²) in [5, 5.41) is 6.53. The van der Waals surface area contributed by atoms with Crippen LogP contribution in [0.4, 0.5) is 5.82 Å². The van der Waals surface area contributed by atoms with Crippen molar-refractivity contribution in [2.24, 2.45) is 7.05 Å². The molecule has 0 fully saturated rings. The van der Waals surface area contributed by atoms with Gasteiger partial charge in [-0.1, -0.05) is 12.1 Å². The molecule has 9 heteroatoms.